The average molecular weight is 410 g/mol. The van der Waals surface area contributed by atoms with Crippen LogP contribution in [0.5, 0.6) is 0 Å². The topological polar surface area (TPSA) is 92.7 Å². The van der Waals surface area contributed by atoms with Crippen LogP contribution in [0.25, 0.3) is 0 Å². The van der Waals surface area contributed by atoms with E-state index in [4.69, 9.17) is 4.74 Å². The number of amides is 3. The summed E-state index contributed by atoms with van der Waals surface area (Å²) in [4.78, 5) is 39.6. The van der Waals surface area contributed by atoms with E-state index in [0.29, 0.717) is 38.3 Å². The first-order valence-corrected chi connectivity index (χ1v) is 10.2. The van der Waals surface area contributed by atoms with E-state index in [-0.39, 0.29) is 29.0 Å². The number of anilines is 2. The molecular weight excluding hydrogens is 384 g/mol. The smallest absolute Gasteiger partial charge is 0.323 e. The summed E-state index contributed by atoms with van der Waals surface area (Å²) >= 11 is 0. The van der Waals surface area contributed by atoms with Crippen molar-refractivity contribution in [3.63, 3.8) is 0 Å². The molecule has 0 spiro atoms. The van der Waals surface area contributed by atoms with Gasteiger partial charge in [0.25, 0.3) is 5.56 Å². The Hall–Kier alpha value is -3.13. The van der Waals surface area contributed by atoms with Crippen molar-refractivity contribution in [3.8, 4) is 0 Å². The van der Waals surface area contributed by atoms with Gasteiger partial charge in [-0.05, 0) is 36.6 Å². The van der Waals surface area contributed by atoms with Gasteiger partial charge in [-0.25, -0.2) is 4.79 Å². The van der Waals surface area contributed by atoms with Gasteiger partial charge in [-0.2, -0.15) is 0 Å². The Morgan fingerprint density at radius 1 is 1.07 bits per heavy atom. The lowest BCUT2D eigenvalue weighted by molar-refractivity contribution is -0.134. The zero-order valence-corrected chi connectivity index (χ0v) is 17.0. The summed E-state index contributed by atoms with van der Waals surface area (Å²) in [6.45, 7) is 2.23. The fraction of sp³-hybridized carbons (Fsp3) is 0.409. The number of hydrogen-bond donors (Lipinski definition) is 2. The van der Waals surface area contributed by atoms with Crippen molar-refractivity contribution in [2.75, 3.05) is 37.4 Å². The number of likely N-dealkylation sites (tertiary alicyclic amines) is 1. The van der Waals surface area contributed by atoms with Crippen molar-refractivity contribution in [1.29, 1.82) is 0 Å². The van der Waals surface area contributed by atoms with Crippen LogP contribution in [0, 0.1) is 5.92 Å². The number of urea groups is 1. The maximum absolute atomic E-state index is 13.0. The van der Waals surface area contributed by atoms with Gasteiger partial charge < -0.3 is 24.8 Å². The molecule has 3 heterocycles. The van der Waals surface area contributed by atoms with Crippen LogP contribution in [0.3, 0.4) is 0 Å². The molecule has 158 valence electrons. The number of carbonyl (C=O) groups is 2. The number of aromatic nitrogens is 1. The number of rotatable bonds is 5. The van der Waals surface area contributed by atoms with Crippen molar-refractivity contribution in [2.24, 2.45) is 5.92 Å². The van der Waals surface area contributed by atoms with Crippen molar-refractivity contribution in [2.45, 2.75) is 25.3 Å². The number of methoxy groups -OCH3 is 1. The fourth-order valence-corrected chi connectivity index (χ4v) is 4.40. The lowest BCUT2D eigenvalue weighted by atomic mass is 9.83. The molecule has 2 atom stereocenters. The van der Waals surface area contributed by atoms with E-state index in [0.717, 1.165) is 12.1 Å². The van der Waals surface area contributed by atoms with E-state index in [1.807, 2.05) is 29.2 Å². The highest BCUT2D eigenvalue weighted by molar-refractivity contribution is 5.99. The summed E-state index contributed by atoms with van der Waals surface area (Å²) in [5.41, 5.74) is 1.63. The van der Waals surface area contributed by atoms with E-state index >= 15 is 0 Å². The molecule has 0 radical (unpaired) electrons. The predicted octanol–water partition coefficient (Wildman–Crippen LogP) is 2.47. The first-order valence-electron chi connectivity index (χ1n) is 10.2. The van der Waals surface area contributed by atoms with E-state index in [2.05, 4.69) is 10.6 Å². The van der Waals surface area contributed by atoms with Crippen LogP contribution >= 0.6 is 0 Å². The van der Waals surface area contributed by atoms with Gasteiger partial charge in [0, 0.05) is 44.0 Å². The third-order valence-electron chi connectivity index (χ3n) is 5.76. The Morgan fingerprint density at radius 3 is 2.63 bits per heavy atom. The Morgan fingerprint density at radius 2 is 1.87 bits per heavy atom. The van der Waals surface area contributed by atoms with Gasteiger partial charge in [0.15, 0.2) is 0 Å². The minimum atomic E-state index is -0.454. The van der Waals surface area contributed by atoms with Gasteiger partial charge in [0.05, 0.1) is 13.0 Å². The molecule has 2 aromatic rings. The second-order valence-corrected chi connectivity index (χ2v) is 7.87. The summed E-state index contributed by atoms with van der Waals surface area (Å²) in [5, 5.41) is 5.38. The van der Waals surface area contributed by atoms with Crippen LogP contribution in [0.15, 0.2) is 47.3 Å². The first kappa shape index (κ1) is 20.2. The molecule has 2 bridgehead atoms. The van der Waals surface area contributed by atoms with Crippen molar-refractivity contribution >= 4 is 23.3 Å². The molecule has 1 saturated heterocycles. The highest BCUT2D eigenvalue weighted by atomic mass is 16.5. The zero-order chi connectivity index (χ0) is 21.1. The molecular formula is C22H26N4O4. The fourth-order valence-electron chi connectivity index (χ4n) is 4.40. The largest absolute Gasteiger partial charge is 0.384 e. The molecule has 0 saturated carbocycles. The third-order valence-corrected chi connectivity index (χ3v) is 5.76. The number of nitrogens with one attached hydrogen (secondary N) is 2. The number of fused-ring (bicyclic) bond motifs is 4. The molecule has 2 unspecified atom stereocenters. The highest BCUT2D eigenvalue weighted by Crippen LogP contribution is 2.35. The van der Waals surface area contributed by atoms with Gasteiger partial charge >= 0.3 is 6.03 Å². The number of carbonyl (C=O) groups excluding carboxylic acids is 2. The summed E-state index contributed by atoms with van der Waals surface area (Å²) in [5.74, 6) is 0.455. The van der Waals surface area contributed by atoms with Crippen LogP contribution in [0.1, 0.15) is 24.5 Å². The van der Waals surface area contributed by atoms with Gasteiger partial charge in [-0.15, -0.1) is 0 Å². The molecule has 8 nitrogen and oxygen atoms in total. The highest BCUT2D eigenvalue weighted by Gasteiger charge is 2.36. The molecule has 4 rings (SSSR count). The maximum atomic E-state index is 13.0. The lowest BCUT2D eigenvalue weighted by Crippen LogP contribution is -2.49. The number of benzene rings is 1. The summed E-state index contributed by atoms with van der Waals surface area (Å²) < 4.78 is 6.78. The number of hydrogen-bond acceptors (Lipinski definition) is 4. The lowest BCUT2D eigenvalue weighted by Gasteiger charge is -2.43. The minimum absolute atomic E-state index is 0.0956. The van der Waals surface area contributed by atoms with Crippen LogP contribution in [-0.4, -0.2) is 48.2 Å². The quantitative estimate of drug-likeness (QED) is 0.792. The second-order valence-electron chi connectivity index (χ2n) is 7.87. The summed E-state index contributed by atoms with van der Waals surface area (Å²) in [7, 11) is 1.59. The predicted molar refractivity (Wildman–Crippen MR) is 114 cm³/mol. The first-order chi connectivity index (χ1) is 14.5. The monoisotopic (exact) mass is 410 g/mol. The Kier molecular flexibility index (Phi) is 5.85. The molecule has 1 aromatic heterocycles. The normalized spacial score (nSPS) is 19.7. The number of pyridine rings is 1. The van der Waals surface area contributed by atoms with Crippen LogP contribution in [-0.2, 0) is 16.1 Å². The van der Waals surface area contributed by atoms with Gasteiger partial charge in [0.1, 0.15) is 5.69 Å². The average Bonchev–Trinajstić information content (AvgIpc) is 2.75. The van der Waals surface area contributed by atoms with Gasteiger partial charge in [-0.1, -0.05) is 18.2 Å². The van der Waals surface area contributed by atoms with Crippen molar-refractivity contribution in [1.82, 2.24) is 9.47 Å². The standard InChI is InChI=1S/C22H26N4O4/c1-30-10-9-20(27)25-12-15-11-16(14-25)19-8-7-18(21(28)26(19)13-15)24-22(29)23-17-5-3-2-4-6-17/h2-8,15-16H,9-14H2,1H3,(H2,23,24,29). The molecule has 0 aliphatic carbocycles. The molecule has 30 heavy (non-hydrogen) atoms. The molecule has 2 aliphatic heterocycles. The molecule has 2 aliphatic rings. The number of ether oxygens (including phenoxy) is 1. The van der Waals surface area contributed by atoms with Crippen LogP contribution in [0.4, 0.5) is 16.2 Å². The van der Waals surface area contributed by atoms with Crippen molar-refractivity contribution < 1.29 is 14.3 Å². The maximum Gasteiger partial charge on any atom is 0.323 e. The molecule has 2 N–H and O–H groups in total. The molecule has 3 amide bonds. The third kappa shape index (κ3) is 4.23. The van der Waals surface area contributed by atoms with Crippen molar-refractivity contribution in [3.05, 3.63) is 58.5 Å². The van der Waals surface area contributed by atoms with E-state index < -0.39 is 6.03 Å². The zero-order valence-electron chi connectivity index (χ0n) is 17.0. The minimum Gasteiger partial charge on any atom is -0.384 e. The number of para-hydroxylation sites is 1. The van der Waals surface area contributed by atoms with Crippen LogP contribution in [0.2, 0.25) is 0 Å². The number of piperidine rings is 1. The Bertz CT molecular complexity index is 988. The van der Waals surface area contributed by atoms with Crippen LogP contribution < -0.4 is 16.2 Å². The molecule has 1 fully saturated rings. The summed E-state index contributed by atoms with van der Waals surface area (Å²) in [6.07, 6.45) is 1.34. The Balaban J connectivity index is 1.48. The number of nitrogens with zero attached hydrogens (tertiary/aromatic N) is 2. The SMILES string of the molecule is COCCC(=O)N1CC2CC(C1)c1ccc(NC(=O)Nc3ccccc3)c(=O)n1C2. The van der Waals surface area contributed by atoms with E-state index in [1.54, 1.807) is 29.9 Å². The van der Waals surface area contributed by atoms with Gasteiger partial charge in [0.2, 0.25) is 5.91 Å². The van der Waals surface area contributed by atoms with E-state index in [1.165, 1.54) is 0 Å². The summed E-state index contributed by atoms with van der Waals surface area (Å²) in [6, 6.07) is 12.2. The Labute approximate surface area is 174 Å². The van der Waals surface area contributed by atoms with Gasteiger partial charge in [-0.3, -0.25) is 9.59 Å². The van der Waals surface area contributed by atoms with E-state index in [9.17, 15) is 14.4 Å². The molecule has 8 heteroatoms. The second kappa shape index (κ2) is 8.71. The molecule has 1 aromatic carbocycles.